The molecule has 1 aromatic heterocycles. The predicted octanol–water partition coefficient (Wildman–Crippen LogP) is 0.953. The van der Waals surface area contributed by atoms with Gasteiger partial charge in [-0.25, -0.2) is 0 Å². The van der Waals surface area contributed by atoms with Gasteiger partial charge in [0.25, 0.3) is 0 Å². The molecule has 0 amide bonds. The summed E-state index contributed by atoms with van der Waals surface area (Å²) in [5.74, 6) is -0.0718. The minimum absolute atomic E-state index is 0. The third-order valence-electron chi connectivity index (χ3n) is 1.42. The van der Waals surface area contributed by atoms with Crippen molar-refractivity contribution in [3.8, 4) is 0 Å². The lowest BCUT2D eigenvalue weighted by Crippen LogP contribution is -2.13. The molecule has 0 aliphatic carbocycles. The van der Waals surface area contributed by atoms with Gasteiger partial charge in [-0.2, -0.15) is 0 Å². The highest BCUT2D eigenvalue weighted by Crippen LogP contribution is 1.98. The zero-order valence-corrected chi connectivity index (χ0v) is 7.60. The maximum absolute atomic E-state index is 11.0. The van der Waals surface area contributed by atoms with Crippen molar-refractivity contribution in [3.05, 3.63) is 29.6 Å². The van der Waals surface area contributed by atoms with Crippen LogP contribution in [0.5, 0.6) is 0 Å². The molecule has 0 unspecified atom stereocenters. The number of aromatic nitrogens is 1. The van der Waals surface area contributed by atoms with E-state index < -0.39 is 0 Å². The first-order valence-electron chi connectivity index (χ1n) is 3.40. The van der Waals surface area contributed by atoms with Gasteiger partial charge < -0.3 is 5.73 Å². The van der Waals surface area contributed by atoms with Crippen molar-refractivity contribution in [1.29, 1.82) is 0 Å². The Kier molecular flexibility index (Phi) is 4.47. The Labute approximate surface area is 77.4 Å². The number of aryl methyl sites for hydroxylation is 1. The Bertz CT molecular complexity index is 258. The van der Waals surface area contributed by atoms with Gasteiger partial charge in [0.2, 0.25) is 0 Å². The van der Waals surface area contributed by atoms with Crippen LogP contribution >= 0.6 is 12.4 Å². The van der Waals surface area contributed by atoms with E-state index in [1.807, 2.05) is 6.92 Å². The van der Waals surface area contributed by atoms with Crippen molar-refractivity contribution >= 4 is 18.2 Å². The van der Waals surface area contributed by atoms with Crippen molar-refractivity contribution in [2.24, 2.45) is 5.73 Å². The first-order chi connectivity index (χ1) is 5.24. The largest absolute Gasteiger partial charge is 0.324 e. The normalized spacial score (nSPS) is 8.83. The lowest BCUT2D eigenvalue weighted by atomic mass is 10.2. The monoisotopic (exact) mass is 186 g/mol. The van der Waals surface area contributed by atoms with Crippen LogP contribution < -0.4 is 5.73 Å². The van der Waals surface area contributed by atoms with Crippen LogP contribution in [0.15, 0.2) is 18.3 Å². The number of hydrogen-bond donors (Lipinski definition) is 1. The summed E-state index contributed by atoms with van der Waals surface area (Å²) < 4.78 is 0. The molecule has 0 bridgehead atoms. The molecular formula is C8H11ClN2O. The summed E-state index contributed by atoms with van der Waals surface area (Å²) in [5.41, 5.74) is 6.65. The molecule has 0 saturated carbocycles. The Morgan fingerprint density at radius 1 is 1.58 bits per heavy atom. The van der Waals surface area contributed by atoms with Crippen LogP contribution in [0.3, 0.4) is 0 Å². The van der Waals surface area contributed by atoms with E-state index in [-0.39, 0.29) is 24.7 Å². The van der Waals surface area contributed by atoms with E-state index in [1.165, 1.54) is 0 Å². The molecule has 1 aromatic rings. The molecule has 1 heterocycles. The summed E-state index contributed by atoms with van der Waals surface area (Å²) in [7, 11) is 0. The molecule has 0 aliphatic rings. The van der Waals surface area contributed by atoms with Gasteiger partial charge in [-0.05, 0) is 19.1 Å². The van der Waals surface area contributed by atoms with E-state index >= 15 is 0 Å². The first kappa shape index (κ1) is 11.1. The van der Waals surface area contributed by atoms with Crippen LogP contribution in [-0.4, -0.2) is 17.3 Å². The number of carbonyl (C=O) groups excluding carboxylic acids is 1. The van der Waals surface area contributed by atoms with Gasteiger partial charge in [0, 0.05) is 17.5 Å². The summed E-state index contributed by atoms with van der Waals surface area (Å²) >= 11 is 0. The van der Waals surface area contributed by atoms with Crippen molar-refractivity contribution in [1.82, 2.24) is 4.98 Å². The van der Waals surface area contributed by atoms with Crippen LogP contribution in [-0.2, 0) is 0 Å². The topological polar surface area (TPSA) is 56.0 Å². The maximum atomic E-state index is 11.0. The summed E-state index contributed by atoms with van der Waals surface area (Å²) in [5, 5.41) is 0. The molecule has 4 heteroatoms. The first-order valence-corrected chi connectivity index (χ1v) is 3.40. The number of rotatable bonds is 2. The molecule has 0 atom stereocenters. The van der Waals surface area contributed by atoms with Crippen LogP contribution in [0.25, 0.3) is 0 Å². The van der Waals surface area contributed by atoms with Crippen LogP contribution in [0.2, 0.25) is 0 Å². The number of nitrogens with zero attached hydrogens (tertiary/aromatic N) is 1. The van der Waals surface area contributed by atoms with Crippen LogP contribution in [0, 0.1) is 6.92 Å². The number of ketones is 1. The van der Waals surface area contributed by atoms with Crippen molar-refractivity contribution in [3.63, 3.8) is 0 Å². The van der Waals surface area contributed by atoms with E-state index in [2.05, 4.69) is 4.98 Å². The number of Topliss-reactive ketones (excluding diaryl/α,β-unsaturated/α-hetero) is 1. The molecule has 0 radical (unpaired) electrons. The SMILES string of the molecule is Cc1ccc(C(=O)CN)cn1.Cl. The average Bonchev–Trinajstić information content (AvgIpc) is 2.05. The average molecular weight is 187 g/mol. The standard InChI is InChI=1S/C8H10N2O.ClH/c1-6-2-3-7(5-10-6)8(11)4-9;/h2-3,5H,4,9H2,1H3;1H. The smallest absolute Gasteiger partial charge is 0.177 e. The fourth-order valence-corrected chi connectivity index (χ4v) is 0.751. The molecule has 0 aliphatic heterocycles. The van der Waals surface area contributed by atoms with Gasteiger partial charge in [0.15, 0.2) is 5.78 Å². The zero-order chi connectivity index (χ0) is 8.27. The lowest BCUT2D eigenvalue weighted by molar-refractivity contribution is 0.100. The molecule has 66 valence electrons. The molecule has 0 aromatic carbocycles. The number of halogens is 1. The quantitative estimate of drug-likeness (QED) is 0.700. The summed E-state index contributed by atoms with van der Waals surface area (Å²) in [4.78, 5) is 14.9. The summed E-state index contributed by atoms with van der Waals surface area (Å²) in [6.07, 6.45) is 1.55. The van der Waals surface area contributed by atoms with Gasteiger partial charge >= 0.3 is 0 Å². The van der Waals surface area contributed by atoms with Crippen molar-refractivity contribution in [2.45, 2.75) is 6.92 Å². The highest BCUT2D eigenvalue weighted by Gasteiger charge is 2.01. The number of nitrogens with two attached hydrogens (primary N) is 1. The Balaban J connectivity index is 0.00000121. The molecule has 0 spiro atoms. The van der Waals surface area contributed by atoms with E-state index in [1.54, 1.807) is 18.3 Å². The fraction of sp³-hybridized carbons (Fsp3) is 0.250. The van der Waals surface area contributed by atoms with E-state index in [0.717, 1.165) is 5.69 Å². The van der Waals surface area contributed by atoms with Gasteiger partial charge in [-0.1, -0.05) is 0 Å². The molecule has 0 saturated heterocycles. The predicted molar refractivity (Wildman–Crippen MR) is 49.6 cm³/mol. The van der Waals surface area contributed by atoms with Gasteiger partial charge in [-0.3, -0.25) is 9.78 Å². The minimum atomic E-state index is -0.0718. The third kappa shape index (κ3) is 2.60. The number of pyridine rings is 1. The summed E-state index contributed by atoms with van der Waals surface area (Å²) in [6.45, 7) is 1.92. The second-order valence-electron chi connectivity index (χ2n) is 2.32. The second-order valence-corrected chi connectivity index (χ2v) is 2.32. The van der Waals surface area contributed by atoms with Crippen LogP contribution in [0.1, 0.15) is 16.1 Å². The summed E-state index contributed by atoms with van der Waals surface area (Å²) in [6, 6.07) is 3.53. The van der Waals surface area contributed by atoms with Gasteiger partial charge in [-0.15, -0.1) is 12.4 Å². The Hall–Kier alpha value is -0.930. The van der Waals surface area contributed by atoms with E-state index in [0.29, 0.717) is 5.56 Å². The van der Waals surface area contributed by atoms with E-state index in [9.17, 15) is 4.79 Å². The molecular weight excluding hydrogens is 176 g/mol. The Morgan fingerprint density at radius 2 is 2.25 bits per heavy atom. The molecule has 2 N–H and O–H groups in total. The van der Waals surface area contributed by atoms with Crippen LogP contribution in [0.4, 0.5) is 0 Å². The lowest BCUT2D eigenvalue weighted by Gasteiger charge is -1.96. The number of carbonyl (C=O) groups is 1. The Morgan fingerprint density at radius 3 is 2.67 bits per heavy atom. The van der Waals surface area contributed by atoms with Gasteiger partial charge in [0.1, 0.15) is 0 Å². The molecule has 1 rings (SSSR count). The van der Waals surface area contributed by atoms with E-state index in [4.69, 9.17) is 5.73 Å². The van der Waals surface area contributed by atoms with Crippen molar-refractivity contribution in [2.75, 3.05) is 6.54 Å². The second kappa shape index (κ2) is 4.85. The molecule has 12 heavy (non-hydrogen) atoms. The zero-order valence-electron chi connectivity index (χ0n) is 6.78. The maximum Gasteiger partial charge on any atom is 0.177 e. The minimum Gasteiger partial charge on any atom is -0.324 e. The number of hydrogen-bond acceptors (Lipinski definition) is 3. The van der Waals surface area contributed by atoms with Crippen molar-refractivity contribution < 1.29 is 4.79 Å². The molecule has 3 nitrogen and oxygen atoms in total. The third-order valence-corrected chi connectivity index (χ3v) is 1.42. The highest BCUT2D eigenvalue weighted by molar-refractivity contribution is 5.97. The van der Waals surface area contributed by atoms with Gasteiger partial charge in [0.05, 0.1) is 6.54 Å². The fourth-order valence-electron chi connectivity index (χ4n) is 0.751. The highest BCUT2D eigenvalue weighted by atomic mass is 35.5. The molecule has 0 fully saturated rings.